The minimum absolute atomic E-state index is 0.574. The van der Waals surface area contributed by atoms with E-state index in [4.69, 9.17) is 5.73 Å². The van der Waals surface area contributed by atoms with Crippen LogP contribution in [-0.2, 0) is 6.54 Å². The fraction of sp³-hybridized carbons (Fsp3) is 0.615. The summed E-state index contributed by atoms with van der Waals surface area (Å²) in [5.74, 6) is 1.11. The van der Waals surface area contributed by atoms with Crippen LogP contribution in [0.1, 0.15) is 38.2 Å². The molecule has 0 aromatic carbocycles. The van der Waals surface area contributed by atoms with Crippen molar-refractivity contribution in [2.24, 2.45) is 5.73 Å². The molecule has 1 aromatic rings. The Balaban J connectivity index is 2.14. The molecule has 0 unspecified atom stereocenters. The molecule has 2 heterocycles. The summed E-state index contributed by atoms with van der Waals surface area (Å²) in [6, 6.07) is 4.87. The Labute approximate surface area is 97.7 Å². The molecule has 16 heavy (non-hydrogen) atoms. The quantitative estimate of drug-likeness (QED) is 0.848. The number of aromatic nitrogens is 1. The van der Waals surface area contributed by atoms with Crippen LogP contribution in [0, 0.1) is 0 Å². The molecule has 0 aliphatic carbocycles. The normalized spacial score (nSPS) is 21.1. The first-order chi connectivity index (χ1) is 7.85. The monoisotopic (exact) mass is 219 g/mol. The highest BCUT2D eigenvalue weighted by Gasteiger charge is 2.21. The Kier molecular flexibility index (Phi) is 3.78. The van der Waals surface area contributed by atoms with E-state index in [9.17, 15) is 0 Å². The zero-order valence-electron chi connectivity index (χ0n) is 10.0. The number of hydrogen-bond acceptors (Lipinski definition) is 3. The lowest BCUT2D eigenvalue weighted by atomic mass is 10.00. The predicted octanol–water partition coefficient (Wildman–Crippen LogP) is 2.31. The number of hydrogen-bond donors (Lipinski definition) is 1. The highest BCUT2D eigenvalue weighted by molar-refractivity contribution is 5.41. The Bertz CT molecular complexity index is 320. The van der Waals surface area contributed by atoms with E-state index in [0.29, 0.717) is 12.6 Å². The summed E-state index contributed by atoms with van der Waals surface area (Å²) < 4.78 is 0. The van der Waals surface area contributed by atoms with Crippen LogP contribution in [0.4, 0.5) is 5.82 Å². The standard InChI is InChI=1S/C13H21N3/c1-2-12-5-3-4-8-16(12)13-7-6-11(9-14)10-15-13/h6-7,10,12H,2-5,8-9,14H2,1H3/t12-/m1/s1. The molecule has 3 nitrogen and oxygen atoms in total. The van der Waals surface area contributed by atoms with Gasteiger partial charge in [0.25, 0.3) is 0 Å². The Hall–Kier alpha value is -1.09. The van der Waals surface area contributed by atoms with Gasteiger partial charge in [-0.15, -0.1) is 0 Å². The summed E-state index contributed by atoms with van der Waals surface area (Å²) in [6.07, 6.45) is 7.06. The smallest absolute Gasteiger partial charge is 0.128 e. The number of piperidine rings is 1. The lowest BCUT2D eigenvalue weighted by Gasteiger charge is -2.36. The molecule has 1 aliphatic heterocycles. The summed E-state index contributed by atoms with van der Waals surface area (Å²) in [7, 11) is 0. The molecular formula is C13H21N3. The van der Waals surface area contributed by atoms with Gasteiger partial charge in [0.05, 0.1) is 0 Å². The number of rotatable bonds is 3. The van der Waals surface area contributed by atoms with Crippen molar-refractivity contribution in [1.29, 1.82) is 0 Å². The van der Waals surface area contributed by atoms with Crippen LogP contribution >= 0.6 is 0 Å². The number of nitrogens with zero attached hydrogens (tertiary/aromatic N) is 2. The van der Waals surface area contributed by atoms with E-state index in [2.05, 4.69) is 28.9 Å². The van der Waals surface area contributed by atoms with Gasteiger partial charge in [0.1, 0.15) is 5.82 Å². The van der Waals surface area contributed by atoms with E-state index < -0.39 is 0 Å². The largest absolute Gasteiger partial charge is 0.354 e. The van der Waals surface area contributed by atoms with Crippen LogP contribution < -0.4 is 10.6 Å². The first-order valence-electron chi connectivity index (χ1n) is 6.26. The molecule has 1 aliphatic rings. The van der Waals surface area contributed by atoms with E-state index in [0.717, 1.165) is 17.9 Å². The molecule has 0 amide bonds. The fourth-order valence-corrected chi connectivity index (χ4v) is 2.43. The Morgan fingerprint density at radius 3 is 2.94 bits per heavy atom. The average Bonchev–Trinajstić information content (AvgIpc) is 2.39. The second-order valence-corrected chi connectivity index (χ2v) is 4.48. The Morgan fingerprint density at radius 1 is 1.44 bits per heavy atom. The van der Waals surface area contributed by atoms with Crippen molar-refractivity contribution < 1.29 is 0 Å². The zero-order valence-corrected chi connectivity index (χ0v) is 10.0. The van der Waals surface area contributed by atoms with Crippen LogP contribution in [0.5, 0.6) is 0 Å². The van der Waals surface area contributed by atoms with Gasteiger partial charge in [-0.05, 0) is 37.3 Å². The molecule has 1 saturated heterocycles. The van der Waals surface area contributed by atoms with Gasteiger partial charge in [0.15, 0.2) is 0 Å². The van der Waals surface area contributed by atoms with Crippen molar-refractivity contribution in [3.8, 4) is 0 Å². The number of pyridine rings is 1. The highest BCUT2D eigenvalue weighted by Crippen LogP contribution is 2.24. The van der Waals surface area contributed by atoms with Crippen molar-refractivity contribution in [2.75, 3.05) is 11.4 Å². The molecule has 88 valence electrons. The molecule has 2 N–H and O–H groups in total. The maximum atomic E-state index is 5.58. The SMILES string of the molecule is CC[C@@H]1CCCCN1c1ccc(CN)cn1. The van der Waals surface area contributed by atoms with E-state index in [1.165, 1.54) is 25.7 Å². The summed E-state index contributed by atoms with van der Waals surface area (Å²) in [5, 5.41) is 0. The van der Waals surface area contributed by atoms with Gasteiger partial charge in [-0.2, -0.15) is 0 Å². The molecular weight excluding hydrogens is 198 g/mol. The predicted molar refractivity (Wildman–Crippen MR) is 67.4 cm³/mol. The second-order valence-electron chi connectivity index (χ2n) is 4.48. The first kappa shape index (κ1) is 11.4. The minimum Gasteiger partial charge on any atom is -0.354 e. The second kappa shape index (κ2) is 5.30. The van der Waals surface area contributed by atoms with Crippen molar-refractivity contribution in [3.05, 3.63) is 23.9 Å². The van der Waals surface area contributed by atoms with Crippen LogP contribution in [0.2, 0.25) is 0 Å². The topological polar surface area (TPSA) is 42.1 Å². The summed E-state index contributed by atoms with van der Waals surface area (Å²) in [6.45, 7) is 3.98. The van der Waals surface area contributed by atoms with Crippen molar-refractivity contribution >= 4 is 5.82 Å². The zero-order chi connectivity index (χ0) is 11.4. The third-order valence-corrected chi connectivity index (χ3v) is 3.44. The van der Waals surface area contributed by atoms with Crippen LogP contribution in [0.3, 0.4) is 0 Å². The molecule has 0 radical (unpaired) electrons. The van der Waals surface area contributed by atoms with Gasteiger partial charge >= 0.3 is 0 Å². The third kappa shape index (κ3) is 2.35. The average molecular weight is 219 g/mol. The molecule has 0 spiro atoms. The molecule has 0 bridgehead atoms. The van der Waals surface area contributed by atoms with Crippen molar-refractivity contribution in [1.82, 2.24) is 4.98 Å². The van der Waals surface area contributed by atoms with Crippen molar-refractivity contribution in [3.63, 3.8) is 0 Å². The number of nitrogens with two attached hydrogens (primary N) is 1. The van der Waals surface area contributed by atoms with Gasteiger partial charge < -0.3 is 10.6 Å². The van der Waals surface area contributed by atoms with E-state index in [1.807, 2.05) is 6.20 Å². The maximum Gasteiger partial charge on any atom is 0.128 e. The van der Waals surface area contributed by atoms with Gasteiger partial charge in [-0.1, -0.05) is 13.0 Å². The van der Waals surface area contributed by atoms with Crippen LogP contribution in [0.15, 0.2) is 18.3 Å². The maximum absolute atomic E-state index is 5.58. The lowest BCUT2D eigenvalue weighted by molar-refractivity contribution is 0.447. The van der Waals surface area contributed by atoms with E-state index in [1.54, 1.807) is 0 Å². The fourth-order valence-electron chi connectivity index (χ4n) is 2.43. The molecule has 3 heteroatoms. The van der Waals surface area contributed by atoms with Crippen LogP contribution in [-0.4, -0.2) is 17.6 Å². The van der Waals surface area contributed by atoms with Gasteiger partial charge in [0, 0.05) is 25.3 Å². The summed E-state index contributed by atoms with van der Waals surface area (Å²) in [4.78, 5) is 6.97. The highest BCUT2D eigenvalue weighted by atomic mass is 15.2. The summed E-state index contributed by atoms with van der Waals surface area (Å²) >= 11 is 0. The van der Waals surface area contributed by atoms with Gasteiger partial charge in [-0.3, -0.25) is 0 Å². The summed E-state index contributed by atoms with van der Waals surface area (Å²) in [5.41, 5.74) is 6.68. The Morgan fingerprint density at radius 2 is 2.31 bits per heavy atom. The number of anilines is 1. The van der Waals surface area contributed by atoms with E-state index in [-0.39, 0.29) is 0 Å². The molecule has 1 aromatic heterocycles. The molecule has 1 fully saturated rings. The molecule has 2 rings (SSSR count). The first-order valence-corrected chi connectivity index (χ1v) is 6.26. The third-order valence-electron chi connectivity index (χ3n) is 3.44. The molecule has 0 saturated carbocycles. The lowest BCUT2D eigenvalue weighted by Crippen LogP contribution is -2.39. The van der Waals surface area contributed by atoms with Crippen molar-refractivity contribution in [2.45, 2.75) is 45.2 Å². The van der Waals surface area contributed by atoms with Crippen LogP contribution in [0.25, 0.3) is 0 Å². The molecule has 1 atom stereocenters. The van der Waals surface area contributed by atoms with E-state index >= 15 is 0 Å². The minimum atomic E-state index is 0.574. The van der Waals surface area contributed by atoms with Gasteiger partial charge in [0.2, 0.25) is 0 Å². The van der Waals surface area contributed by atoms with Gasteiger partial charge in [-0.25, -0.2) is 4.98 Å².